The highest BCUT2D eigenvalue weighted by Crippen LogP contribution is 2.18. The first kappa shape index (κ1) is 15.8. The Kier molecular flexibility index (Phi) is 5.37. The van der Waals surface area contributed by atoms with Gasteiger partial charge in [-0.05, 0) is 30.2 Å². The highest BCUT2D eigenvalue weighted by atomic mass is 16.5. The molecule has 0 heterocycles. The summed E-state index contributed by atoms with van der Waals surface area (Å²) in [5, 5.41) is 11.6. The monoisotopic (exact) mass is 280 g/mol. The highest BCUT2D eigenvalue weighted by Gasteiger charge is 2.25. The molecule has 0 aliphatic rings. The van der Waals surface area contributed by atoms with E-state index in [4.69, 9.17) is 9.84 Å². The van der Waals surface area contributed by atoms with Crippen LogP contribution in [0.25, 0.3) is 0 Å². The van der Waals surface area contributed by atoms with Crippen LogP contribution >= 0.6 is 0 Å². The van der Waals surface area contributed by atoms with Gasteiger partial charge in [0.1, 0.15) is 11.8 Å². The smallest absolute Gasteiger partial charge is 0.326 e. The van der Waals surface area contributed by atoms with E-state index >= 15 is 0 Å². The van der Waals surface area contributed by atoms with Crippen LogP contribution in [0.4, 0.5) is 10.5 Å². The fourth-order valence-electron chi connectivity index (χ4n) is 1.67. The van der Waals surface area contributed by atoms with Crippen LogP contribution in [-0.2, 0) is 4.79 Å². The Morgan fingerprint density at radius 3 is 2.20 bits per heavy atom. The van der Waals surface area contributed by atoms with E-state index < -0.39 is 18.0 Å². The molecule has 0 unspecified atom stereocenters. The number of hydrogen-bond acceptors (Lipinski definition) is 3. The zero-order valence-electron chi connectivity index (χ0n) is 12.1. The third-order valence-electron chi connectivity index (χ3n) is 2.98. The van der Waals surface area contributed by atoms with Gasteiger partial charge in [0.05, 0.1) is 7.11 Å². The van der Waals surface area contributed by atoms with Crippen LogP contribution in [0.2, 0.25) is 0 Å². The van der Waals surface area contributed by atoms with Crippen LogP contribution in [0.1, 0.15) is 13.8 Å². The molecule has 6 heteroatoms. The van der Waals surface area contributed by atoms with Crippen molar-refractivity contribution in [3.63, 3.8) is 0 Å². The van der Waals surface area contributed by atoms with Crippen molar-refractivity contribution in [1.82, 2.24) is 5.32 Å². The summed E-state index contributed by atoms with van der Waals surface area (Å²) in [4.78, 5) is 24.5. The van der Waals surface area contributed by atoms with Crippen molar-refractivity contribution in [3.8, 4) is 5.75 Å². The van der Waals surface area contributed by atoms with Crippen LogP contribution in [0.3, 0.4) is 0 Å². The highest BCUT2D eigenvalue weighted by molar-refractivity contribution is 5.94. The van der Waals surface area contributed by atoms with E-state index in [2.05, 4.69) is 5.32 Å². The lowest BCUT2D eigenvalue weighted by atomic mass is 10.1. The van der Waals surface area contributed by atoms with E-state index in [1.807, 2.05) is 0 Å². The first-order chi connectivity index (χ1) is 9.36. The molecule has 1 atom stereocenters. The maximum Gasteiger partial charge on any atom is 0.326 e. The molecule has 0 saturated carbocycles. The maximum atomic E-state index is 12.0. The number of carboxylic acids is 1. The molecule has 0 bridgehead atoms. The fourth-order valence-corrected chi connectivity index (χ4v) is 1.67. The van der Waals surface area contributed by atoms with Crippen LogP contribution < -0.4 is 15.0 Å². The Morgan fingerprint density at radius 1 is 1.25 bits per heavy atom. The van der Waals surface area contributed by atoms with Gasteiger partial charge >= 0.3 is 12.0 Å². The number of rotatable bonds is 5. The number of urea groups is 1. The van der Waals surface area contributed by atoms with Gasteiger partial charge in [-0.3, -0.25) is 4.90 Å². The number of amides is 2. The standard InChI is InChI=1S/C14H20N2O4/c1-9(2)12(13(17)18)15-14(19)16(3)10-5-7-11(20-4)8-6-10/h5-9,12H,1-4H3,(H,15,19)(H,17,18)/t12-/m1/s1. The zero-order chi connectivity index (χ0) is 15.3. The second kappa shape index (κ2) is 6.79. The molecule has 0 fully saturated rings. The molecular formula is C14H20N2O4. The molecule has 0 radical (unpaired) electrons. The molecule has 6 nitrogen and oxygen atoms in total. The minimum atomic E-state index is -1.04. The molecule has 2 N–H and O–H groups in total. The quantitative estimate of drug-likeness (QED) is 0.864. The van der Waals surface area contributed by atoms with Crippen LogP contribution in [0, 0.1) is 5.92 Å². The average molecular weight is 280 g/mol. The van der Waals surface area contributed by atoms with E-state index in [1.165, 1.54) is 4.90 Å². The Labute approximate surface area is 118 Å². The van der Waals surface area contributed by atoms with Crippen molar-refractivity contribution in [2.75, 3.05) is 19.1 Å². The van der Waals surface area contributed by atoms with E-state index in [1.54, 1.807) is 52.3 Å². The van der Waals surface area contributed by atoms with Crippen molar-refractivity contribution in [2.45, 2.75) is 19.9 Å². The molecule has 0 spiro atoms. The minimum absolute atomic E-state index is 0.194. The number of anilines is 1. The van der Waals surface area contributed by atoms with Crippen LogP contribution in [0.5, 0.6) is 5.75 Å². The molecule has 1 aromatic carbocycles. The largest absolute Gasteiger partial charge is 0.497 e. The average Bonchev–Trinajstić information content (AvgIpc) is 2.43. The Morgan fingerprint density at radius 2 is 1.80 bits per heavy atom. The Balaban J connectivity index is 2.77. The first-order valence-electron chi connectivity index (χ1n) is 6.28. The summed E-state index contributed by atoms with van der Waals surface area (Å²) < 4.78 is 5.04. The van der Waals surface area contributed by atoms with Gasteiger partial charge in [-0.15, -0.1) is 0 Å². The molecular weight excluding hydrogens is 260 g/mol. The third kappa shape index (κ3) is 3.88. The molecule has 1 aromatic rings. The van der Waals surface area contributed by atoms with Gasteiger partial charge in [0, 0.05) is 12.7 Å². The second-order valence-corrected chi connectivity index (χ2v) is 4.77. The number of benzene rings is 1. The summed E-state index contributed by atoms with van der Waals surface area (Å²) in [6.45, 7) is 3.49. The summed E-state index contributed by atoms with van der Waals surface area (Å²) in [5.41, 5.74) is 0.649. The summed E-state index contributed by atoms with van der Waals surface area (Å²) in [7, 11) is 3.14. The van der Waals surface area contributed by atoms with Crippen molar-refractivity contribution in [1.29, 1.82) is 0 Å². The maximum absolute atomic E-state index is 12.0. The Hall–Kier alpha value is -2.24. The molecule has 1 rings (SSSR count). The molecule has 0 aromatic heterocycles. The van der Waals surface area contributed by atoms with Gasteiger partial charge in [-0.25, -0.2) is 9.59 Å². The molecule has 0 aliphatic carbocycles. The van der Waals surface area contributed by atoms with Gasteiger partial charge < -0.3 is 15.2 Å². The van der Waals surface area contributed by atoms with Gasteiger partial charge in [0.25, 0.3) is 0 Å². The Bertz CT molecular complexity index is 471. The topological polar surface area (TPSA) is 78.9 Å². The molecule has 2 amide bonds. The van der Waals surface area contributed by atoms with Crippen molar-refractivity contribution in [3.05, 3.63) is 24.3 Å². The normalized spacial score (nSPS) is 11.8. The van der Waals surface area contributed by atoms with Crippen LogP contribution in [-0.4, -0.2) is 37.3 Å². The number of nitrogens with zero attached hydrogens (tertiary/aromatic N) is 1. The molecule has 0 aliphatic heterocycles. The third-order valence-corrected chi connectivity index (χ3v) is 2.98. The molecule has 20 heavy (non-hydrogen) atoms. The van der Waals surface area contributed by atoms with Crippen molar-refractivity contribution in [2.24, 2.45) is 5.92 Å². The lowest BCUT2D eigenvalue weighted by Crippen LogP contribution is -2.49. The number of carbonyl (C=O) groups is 2. The lowest BCUT2D eigenvalue weighted by Gasteiger charge is -2.23. The number of methoxy groups -OCH3 is 1. The number of hydrogen-bond donors (Lipinski definition) is 2. The lowest BCUT2D eigenvalue weighted by molar-refractivity contribution is -0.140. The summed E-state index contributed by atoms with van der Waals surface area (Å²) >= 11 is 0. The molecule has 110 valence electrons. The SMILES string of the molecule is COc1ccc(N(C)C(=O)N[C@@H](C(=O)O)C(C)C)cc1. The number of carboxylic acid groups (broad SMARTS) is 1. The van der Waals surface area contributed by atoms with E-state index in [0.717, 1.165) is 0 Å². The van der Waals surface area contributed by atoms with Crippen molar-refractivity contribution >= 4 is 17.7 Å². The number of aliphatic carboxylic acids is 1. The van der Waals surface area contributed by atoms with Gasteiger partial charge in [-0.1, -0.05) is 13.8 Å². The number of nitrogens with one attached hydrogen (secondary N) is 1. The minimum Gasteiger partial charge on any atom is -0.497 e. The first-order valence-corrected chi connectivity index (χ1v) is 6.28. The van der Waals surface area contributed by atoms with E-state index in [0.29, 0.717) is 11.4 Å². The number of carbonyl (C=O) groups excluding carboxylic acids is 1. The van der Waals surface area contributed by atoms with Gasteiger partial charge in [-0.2, -0.15) is 0 Å². The van der Waals surface area contributed by atoms with Gasteiger partial charge in [0.15, 0.2) is 0 Å². The van der Waals surface area contributed by atoms with E-state index in [-0.39, 0.29) is 5.92 Å². The predicted octanol–water partition coefficient (Wildman–Crippen LogP) is 1.95. The predicted molar refractivity (Wildman–Crippen MR) is 76.2 cm³/mol. The second-order valence-electron chi connectivity index (χ2n) is 4.77. The van der Waals surface area contributed by atoms with Crippen molar-refractivity contribution < 1.29 is 19.4 Å². The zero-order valence-corrected chi connectivity index (χ0v) is 12.1. The van der Waals surface area contributed by atoms with Gasteiger partial charge in [0.2, 0.25) is 0 Å². The fraction of sp³-hybridized carbons (Fsp3) is 0.429. The van der Waals surface area contributed by atoms with E-state index in [9.17, 15) is 9.59 Å². The van der Waals surface area contributed by atoms with Crippen LogP contribution in [0.15, 0.2) is 24.3 Å². The summed E-state index contributed by atoms with van der Waals surface area (Å²) in [6, 6.07) is 5.54. The number of ether oxygens (including phenoxy) is 1. The molecule has 0 saturated heterocycles. The summed E-state index contributed by atoms with van der Waals surface area (Å²) in [6.07, 6.45) is 0. The summed E-state index contributed by atoms with van der Waals surface area (Å²) in [5.74, 6) is -0.551.